The van der Waals surface area contributed by atoms with E-state index in [0.717, 1.165) is 0 Å². The van der Waals surface area contributed by atoms with Gasteiger partial charge in [0.15, 0.2) is 0 Å². The molecule has 0 N–H and O–H groups in total. The molecular formula is C8H10ClN3O. The van der Waals surface area contributed by atoms with Crippen LogP contribution in [-0.2, 0) is 11.3 Å². The molecule has 0 aromatic carbocycles. The first kappa shape index (κ1) is 10.0. The summed E-state index contributed by atoms with van der Waals surface area (Å²) >= 11 is 5.42. The van der Waals surface area contributed by atoms with Gasteiger partial charge in [-0.1, -0.05) is 0 Å². The number of aromatic nitrogens is 2. The molecule has 0 unspecified atom stereocenters. The van der Waals surface area contributed by atoms with E-state index >= 15 is 0 Å². The maximum absolute atomic E-state index is 8.61. The van der Waals surface area contributed by atoms with Crippen LogP contribution in [0.3, 0.4) is 0 Å². The lowest BCUT2D eigenvalue weighted by molar-refractivity contribution is 0.140. The Morgan fingerprint density at radius 2 is 2.46 bits per heavy atom. The van der Waals surface area contributed by atoms with Crippen molar-refractivity contribution in [2.24, 2.45) is 0 Å². The summed E-state index contributed by atoms with van der Waals surface area (Å²) < 4.78 is 6.91. The molecule has 1 aromatic rings. The third kappa shape index (κ3) is 3.05. The molecule has 1 aromatic heterocycles. The van der Waals surface area contributed by atoms with Crippen LogP contribution >= 0.6 is 11.6 Å². The fraction of sp³-hybridized carbons (Fsp3) is 0.500. The van der Waals surface area contributed by atoms with Crippen LogP contribution in [-0.4, -0.2) is 28.6 Å². The third-order valence-corrected chi connectivity index (χ3v) is 1.67. The molecule has 0 atom stereocenters. The predicted molar refractivity (Wildman–Crippen MR) is 48.5 cm³/mol. The Morgan fingerprint density at radius 3 is 3.15 bits per heavy atom. The summed E-state index contributed by atoms with van der Waals surface area (Å²) in [5.41, 5.74) is 0. The zero-order valence-corrected chi connectivity index (χ0v) is 7.87. The first-order valence-corrected chi connectivity index (χ1v) is 4.47. The first-order chi connectivity index (χ1) is 6.38. The molecule has 1 rings (SSSR count). The van der Waals surface area contributed by atoms with Crippen molar-refractivity contribution in [3.05, 3.63) is 18.2 Å². The number of halogens is 1. The van der Waals surface area contributed by atoms with E-state index in [1.165, 1.54) is 0 Å². The van der Waals surface area contributed by atoms with Crippen molar-refractivity contribution in [3.8, 4) is 6.07 Å². The molecule has 0 saturated carbocycles. The van der Waals surface area contributed by atoms with E-state index in [1.807, 2.05) is 6.07 Å². The lowest BCUT2D eigenvalue weighted by Crippen LogP contribution is -2.08. The zero-order valence-electron chi connectivity index (χ0n) is 7.11. The van der Waals surface area contributed by atoms with E-state index in [2.05, 4.69) is 4.98 Å². The van der Waals surface area contributed by atoms with Gasteiger partial charge in [-0.05, 0) is 0 Å². The topological polar surface area (TPSA) is 50.8 Å². The molecule has 0 aliphatic rings. The molecule has 4 nitrogen and oxygen atoms in total. The number of imidazole rings is 1. The second-order valence-corrected chi connectivity index (χ2v) is 2.74. The Hall–Kier alpha value is -1.05. The largest absolute Gasteiger partial charge is 0.378 e. The number of ether oxygens (including phenoxy) is 1. The normalized spacial score (nSPS) is 9.85. The van der Waals surface area contributed by atoms with Gasteiger partial charge in [0.05, 0.1) is 13.2 Å². The molecule has 13 heavy (non-hydrogen) atoms. The van der Waals surface area contributed by atoms with Crippen LogP contribution in [0.2, 0.25) is 0 Å². The number of rotatable bonds is 5. The molecule has 0 spiro atoms. The lowest BCUT2D eigenvalue weighted by Gasteiger charge is -2.03. The van der Waals surface area contributed by atoms with Crippen LogP contribution in [0, 0.1) is 11.3 Å². The van der Waals surface area contributed by atoms with Crippen molar-refractivity contribution in [2.45, 2.75) is 6.54 Å². The van der Waals surface area contributed by atoms with Gasteiger partial charge in [-0.3, -0.25) is 0 Å². The van der Waals surface area contributed by atoms with Crippen LogP contribution < -0.4 is 0 Å². The van der Waals surface area contributed by atoms with Gasteiger partial charge in [-0.2, -0.15) is 5.26 Å². The highest BCUT2D eigenvalue weighted by atomic mass is 35.5. The molecule has 0 radical (unpaired) electrons. The summed E-state index contributed by atoms with van der Waals surface area (Å²) in [5, 5.41) is 8.61. The fourth-order valence-corrected chi connectivity index (χ4v) is 1.03. The van der Waals surface area contributed by atoms with E-state index in [4.69, 9.17) is 21.6 Å². The highest BCUT2D eigenvalue weighted by molar-refractivity contribution is 6.17. The quantitative estimate of drug-likeness (QED) is 0.525. The fourth-order valence-electron chi connectivity index (χ4n) is 0.922. The highest BCUT2D eigenvalue weighted by Crippen LogP contribution is 1.95. The zero-order chi connectivity index (χ0) is 9.52. The monoisotopic (exact) mass is 199 g/mol. The van der Waals surface area contributed by atoms with E-state index in [9.17, 15) is 0 Å². The molecule has 1 heterocycles. The van der Waals surface area contributed by atoms with Gasteiger partial charge in [0.2, 0.25) is 5.82 Å². The number of nitrogens with zero attached hydrogens (tertiary/aromatic N) is 3. The molecule has 0 aliphatic carbocycles. The van der Waals surface area contributed by atoms with Gasteiger partial charge in [0.25, 0.3) is 0 Å². The van der Waals surface area contributed by atoms with Gasteiger partial charge in [0.1, 0.15) is 6.07 Å². The van der Waals surface area contributed by atoms with Crippen molar-refractivity contribution in [3.63, 3.8) is 0 Å². The van der Waals surface area contributed by atoms with Gasteiger partial charge < -0.3 is 9.30 Å². The molecule has 0 aliphatic heterocycles. The Morgan fingerprint density at radius 1 is 1.62 bits per heavy atom. The second-order valence-electron chi connectivity index (χ2n) is 2.36. The lowest BCUT2D eigenvalue weighted by atomic mass is 10.6. The van der Waals surface area contributed by atoms with Crippen molar-refractivity contribution in [1.29, 1.82) is 5.26 Å². The van der Waals surface area contributed by atoms with Crippen molar-refractivity contribution in [2.75, 3.05) is 19.1 Å². The van der Waals surface area contributed by atoms with Crippen LogP contribution in [0.15, 0.2) is 12.4 Å². The minimum Gasteiger partial charge on any atom is -0.378 e. The van der Waals surface area contributed by atoms with E-state index < -0.39 is 0 Å². The SMILES string of the molecule is N#Cc1nccn1CCOCCCl. The average Bonchev–Trinajstić information content (AvgIpc) is 2.60. The minimum atomic E-state index is 0.412. The van der Waals surface area contributed by atoms with Crippen LogP contribution in [0.1, 0.15) is 5.82 Å². The smallest absolute Gasteiger partial charge is 0.212 e. The van der Waals surface area contributed by atoms with Gasteiger partial charge in [-0.15, -0.1) is 11.6 Å². The Kier molecular flexibility index (Phi) is 4.30. The molecular weight excluding hydrogens is 190 g/mol. The maximum Gasteiger partial charge on any atom is 0.212 e. The summed E-state index contributed by atoms with van der Waals surface area (Å²) in [6, 6.07) is 1.99. The van der Waals surface area contributed by atoms with Crippen LogP contribution in [0.4, 0.5) is 0 Å². The summed E-state index contributed by atoms with van der Waals surface area (Å²) in [6.07, 6.45) is 3.35. The number of nitriles is 1. The van der Waals surface area contributed by atoms with E-state index in [0.29, 0.717) is 31.5 Å². The minimum absolute atomic E-state index is 0.412. The van der Waals surface area contributed by atoms with Crippen molar-refractivity contribution >= 4 is 11.6 Å². The molecule has 0 fully saturated rings. The van der Waals surface area contributed by atoms with Crippen molar-refractivity contribution in [1.82, 2.24) is 9.55 Å². The third-order valence-electron chi connectivity index (χ3n) is 1.51. The van der Waals surface area contributed by atoms with E-state index in [1.54, 1.807) is 17.0 Å². The Balaban J connectivity index is 2.33. The second kappa shape index (κ2) is 5.57. The molecule has 0 saturated heterocycles. The number of hydrogen-bond donors (Lipinski definition) is 0. The summed E-state index contributed by atoms with van der Waals surface area (Å²) in [6.45, 7) is 1.73. The Labute approximate surface area is 81.7 Å². The van der Waals surface area contributed by atoms with Crippen LogP contribution in [0.25, 0.3) is 0 Å². The summed E-state index contributed by atoms with van der Waals surface area (Å²) in [7, 11) is 0. The summed E-state index contributed by atoms with van der Waals surface area (Å²) in [4.78, 5) is 3.85. The van der Waals surface area contributed by atoms with Gasteiger partial charge in [-0.25, -0.2) is 4.98 Å². The first-order valence-electron chi connectivity index (χ1n) is 3.93. The number of alkyl halides is 1. The highest BCUT2D eigenvalue weighted by Gasteiger charge is 1.99. The predicted octanol–water partition coefficient (Wildman–Crippen LogP) is 1.01. The van der Waals surface area contributed by atoms with Gasteiger partial charge >= 0.3 is 0 Å². The van der Waals surface area contributed by atoms with Crippen molar-refractivity contribution < 1.29 is 4.74 Å². The maximum atomic E-state index is 8.61. The van der Waals surface area contributed by atoms with Crippen LogP contribution in [0.5, 0.6) is 0 Å². The number of hydrogen-bond acceptors (Lipinski definition) is 3. The summed E-state index contributed by atoms with van der Waals surface area (Å²) in [5.74, 6) is 0.907. The molecule has 70 valence electrons. The molecule has 0 amide bonds. The van der Waals surface area contributed by atoms with E-state index in [-0.39, 0.29) is 0 Å². The molecule has 5 heteroatoms. The average molecular weight is 200 g/mol. The van der Waals surface area contributed by atoms with Gasteiger partial charge in [0, 0.05) is 24.8 Å². The standard InChI is InChI=1S/C8H10ClN3O/c9-1-5-13-6-4-12-3-2-11-8(12)7-10/h2-3H,1,4-6H2. The Bertz CT molecular complexity index is 292. The molecule has 0 bridgehead atoms.